The van der Waals surface area contributed by atoms with E-state index >= 15 is 0 Å². The molecule has 3 rings (SSSR count). The summed E-state index contributed by atoms with van der Waals surface area (Å²) in [7, 11) is 0. The number of aliphatic hydroxyl groups is 1. The fourth-order valence-electron chi connectivity index (χ4n) is 2.75. The molecule has 1 aromatic heterocycles. The average Bonchev–Trinajstić information content (AvgIpc) is 2.91. The zero-order valence-corrected chi connectivity index (χ0v) is 11.8. The van der Waals surface area contributed by atoms with Crippen molar-refractivity contribution in [2.24, 2.45) is 5.92 Å². The maximum atomic E-state index is 9.53. The Kier molecular flexibility index (Phi) is 3.33. The van der Waals surface area contributed by atoms with Crippen LogP contribution in [0.3, 0.4) is 0 Å². The summed E-state index contributed by atoms with van der Waals surface area (Å²) < 4.78 is 1.14. The molecule has 5 heteroatoms. The first-order chi connectivity index (χ1) is 9.11. The van der Waals surface area contributed by atoms with Crippen molar-refractivity contribution >= 4 is 32.9 Å². The number of nitrogens with zero attached hydrogens (tertiary/aromatic N) is 1. The van der Waals surface area contributed by atoms with Gasteiger partial charge in [-0.15, -0.1) is 11.3 Å². The van der Waals surface area contributed by atoms with E-state index in [0.29, 0.717) is 5.92 Å². The Balaban J connectivity index is 1.74. The van der Waals surface area contributed by atoms with Crippen molar-refractivity contribution < 1.29 is 5.11 Å². The Hall–Kier alpha value is -1.33. The summed E-state index contributed by atoms with van der Waals surface area (Å²) in [6.07, 6.45) is 2.79. The van der Waals surface area contributed by atoms with Gasteiger partial charge in [0.15, 0.2) is 0 Å². The van der Waals surface area contributed by atoms with Crippen LogP contribution in [0.4, 0.5) is 11.4 Å². The molecule has 2 unspecified atom stereocenters. The van der Waals surface area contributed by atoms with Crippen molar-refractivity contribution in [3.05, 3.63) is 17.1 Å². The number of aromatic nitrogens is 1. The number of aryl methyl sites for hydroxylation is 1. The Labute approximate surface area is 116 Å². The van der Waals surface area contributed by atoms with Gasteiger partial charge in [0.2, 0.25) is 0 Å². The fraction of sp³-hybridized carbons (Fsp3) is 0.500. The highest BCUT2D eigenvalue weighted by Gasteiger charge is 2.22. The van der Waals surface area contributed by atoms with Crippen LogP contribution in [-0.4, -0.2) is 22.7 Å². The summed E-state index contributed by atoms with van der Waals surface area (Å²) in [5.41, 5.74) is 8.81. The summed E-state index contributed by atoms with van der Waals surface area (Å²) in [6.45, 7) is 2.88. The molecule has 0 spiro atoms. The predicted molar refractivity (Wildman–Crippen MR) is 80.6 cm³/mol. The van der Waals surface area contributed by atoms with E-state index in [9.17, 15) is 5.11 Å². The van der Waals surface area contributed by atoms with Crippen LogP contribution >= 0.6 is 11.3 Å². The highest BCUT2D eigenvalue weighted by Crippen LogP contribution is 2.31. The predicted octanol–water partition coefficient (Wildman–Crippen LogP) is 2.76. The molecule has 1 heterocycles. The number of hydrogen-bond acceptors (Lipinski definition) is 5. The van der Waals surface area contributed by atoms with E-state index in [1.165, 1.54) is 0 Å². The molecular weight excluding hydrogens is 258 g/mol. The number of nitrogens with one attached hydrogen (secondary N) is 1. The largest absolute Gasteiger partial charge is 0.397 e. The smallest absolute Gasteiger partial charge is 0.0907 e. The average molecular weight is 277 g/mol. The number of thiazole rings is 1. The summed E-state index contributed by atoms with van der Waals surface area (Å²) in [4.78, 5) is 4.49. The molecule has 0 radical (unpaired) electrons. The molecule has 4 N–H and O–H groups in total. The number of hydrogen-bond donors (Lipinski definition) is 3. The molecule has 102 valence electrons. The molecule has 1 aromatic carbocycles. The van der Waals surface area contributed by atoms with Gasteiger partial charge in [-0.3, -0.25) is 0 Å². The van der Waals surface area contributed by atoms with Crippen LogP contribution in [0.1, 0.15) is 24.3 Å². The lowest BCUT2D eigenvalue weighted by Crippen LogP contribution is -2.13. The van der Waals surface area contributed by atoms with Gasteiger partial charge < -0.3 is 16.2 Å². The van der Waals surface area contributed by atoms with E-state index in [1.807, 2.05) is 19.1 Å². The van der Waals surface area contributed by atoms with Gasteiger partial charge in [0.25, 0.3) is 0 Å². The lowest BCUT2D eigenvalue weighted by atomic mass is 10.1. The normalized spacial score (nSPS) is 23.1. The Morgan fingerprint density at radius 1 is 1.47 bits per heavy atom. The molecule has 1 aliphatic rings. The Bertz CT molecular complexity index is 596. The second-order valence-electron chi connectivity index (χ2n) is 5.35. The molecule has 1 aliphatic carbocycles. The molecule has 0 saturated heterocycles. The lowest BCUT2D eigenvalue weighted by molar-refractivity contribution is 0.178. The standard InChI is InChI=1S/C14H19N3OS/c1-8-17-13-6-12(11(15)5-14(13)19-8)16-7-9-2-3-10(18)4-9/h5-6,9-10,16,18H,2-4,7,15H2,1H3. The van der Waals surface area contributed by atoms with Gasteiger partial charge in [-0.05, 0) is 44.2 Å². The minimum absolute atomic E-state index is 0.118. The van der Waals surface area contributed by atoms with Crippen LogP contribution in [0.25, 0.3) is 10.2 Å². The lowest BCUT2D eigenvalue weighted by Gasteiger charge is -2.13. The van der Waals surface area contributed by atoms with Gasteiger partial charge in [-0.25, -0.2) is 4.98 Å². The molecular formula is C14H19N3OS. The van der Waals surface area contributed by atoms with Crippen LogP contribution in [0.2, 0.25) is 0 Å². The van der Waals surface area contributed by atoms with Crippen molar-refractivity contribution in [1.29, 1.82) is 0 Å². The number of benzene rings is 1. The topological polar surface area (TPSA) is 71.2 Å². The van der Waals surface area contributed by atoms with E-state index in [4.69, 9.17) is 5.73 Å². The van der Waals surface area contributed by atoms with Crippen LogP contribution in [0.15, 0.2) is 12.1 Å². The highest BCUT2D eigenvalue weighted by molar-refractivity contribution is 7.18. The quantitative estimate of drug-likeness (QED) is 0.754. The second kappa shape index (κ2) is 4.98. The molecule has 1 fully saturated rings. The van der Waals surface area contributed by atoms with E-state index in [-0.39, 0.29) is 6.10 Å². The second-order valence-corrected chi connectivity index (χ2v) is 6.59. The number of anilines is 2. The molecule has 0 amide bonds. The van der Waals surface area contributed by atoms with E-state index in [1.54, 1.807) is 11.3 Å². The van der Waals surface area contributed by atoms with Gasteiger partial charge in [0, 0.05) is 6.54 Å². The maximum Gasteiger partial charge on any atom is 0.0907 e. The minimum Gasteiger partial charge on any atom is -0.397 e. The van der Waals surface area contributed by atoms with Crippen molar-refractivity contribution in [3.8, 4) is 0 Å². The third kappa shape index (κ3) is 2.67. The fourth-order valence-corrected chi connectivity index (χ4v) is 3.60. The van der Waals surface area contributed by atoms with Gasteiger partial charge in [-0.2, -0.15) is 0 Å². The van der Waals surface area contributed by atoms with Gasteiger partial charge in [0.05, 0.1) is 32.7 Å². The van der Waals surface area contributed by atoms with Crippen LogP contribution in [-0.2, 0) is 0 Å². The zero-order valence-electron chi connectivity index (χ0n) is 11.0. The Morgan fingerprint density at radius 3 is 3.05 bits per heavy atom. The SMILES string of the molecule is Cc1nc2cc(NCC3CCC(O)C3)c(N)cc2s1. The molecule has 2 aromatic rings. The molecule has 4 nitrogen and oxygen atoms in total. The van der Waals surface area contributed by atoms with Crippen molar-refractivity contribution in [1.82, 2.24) is 4.98 Å². The van der Waals surface area contributed by atoms with Crippen molar-refractivity contribution in [2.75, 3.05) is 17.6 Å². The summed E-state index contributed by atoms with van der Waals surface area (Å²) in [6, 6.07) is 4.02. The van der Waals surface area contributed by atoms with E-state index in [2.05, 4.69) is 10.3 Å². The Morgan fingerprint density at radius 2 is 2.32 bits per heavy atom. The molecule has 1 saturated carbocycles. The number of aliphatic hydroxyl groups excluding tert-OH is 1. The van der Waals surface area contributed by atoms with E-state index < -0.39 is 0 Å². The van der Waals surface area contributed by atoms with Crippen LogP contribution < -0.4 is 11.1 Å². The van der Waals surface area contributed by atoms with E-state index in [0.717, 1.165) is 52.4 Å². The van der Waals surface area contributed by atoms with Gasteiger partial charge in [0.1, 0.15) is 0 Å². The first-order valence-corrected chi connectivity index (χ1v) is 7.52. The third-order valence-electron chi connectivity index (χ3n) is 3.76. The zero-order chi connectivity index (χ0) is 13.4. The third-order valence-corrected chi connectivity index (χ3v) is 4.70. The summed E-state index contributed by atoms with van der Waals surface area (Å²) >= 11 is 1.67. The highest BCUT2D eigenvalue weighted by atomic mass is 32.1. The molecule has 2 atom stereocenters. The first-order valence-electron chi connectivity index (χ1n) is 6.70. The maximum absolute atomic E-state index is 9.53. The summed E-state index contributed by atoms with van der Waals surface area (Å²) in [5, 5.41) is 14.0. The van der Waals surface area contributed by atoms with Crippen molar-refractivity contribution in [2.45, 2.75) is 32.3 Å². The van der Waals surface area contributed by atoms with Crippen LogP contribution in [0.5, 0.6) is 0 Å². The molecule has 0 aliphatic heterocycles. The number of rotatable bonds is 3. The number of nitrogen functional groups attached to an aromatic ring is 1. The van der Waals surface area contributed by atoms with Gasteiger partial charge >= 0.3 is 0 Å². The monoisotopic (exact) mass is 277 g/mol. The van der Waals surface area contributed by atoms with Crippen molar-refractivity contribution in [3.63, 3.8) is 0 Å². The summed E-state index contributed by atoms with van der Waals surface area (Å²) in [5.74, 6) is 0.544. The molecule has 19 heavy (non-hydrogen) atoms. The number of nitrogens with two attached hydrogens (primary N) is 1. The molecule has 0 bridgehead atoms. The first kappa shape index (κ1) is 12.7. The minimum atomic E-state index is -0.118. The number of fused-ring (bicyclic) bond motifs is 1. The van der Waals surface area contributed by atoms with Gasteiger partial charge in [-0.1, -0.05) is 0 Å². The van der Waals surface area contributed by atoms with Crippen LogP contribution in [0, 0.1) is 12.8 Å².